The van der Waals surface area contributed by atoms with Crippen LogP contribution >= 0.6 is 0 Å². The average molecular weight is 169 g/mol. The van der Waals surface area contributed by atoms with Crippen LogP contribution in [0.5, 0.6) is 0 Å². The Labute approximate surface area is 74.9 Å². The molecule has 0 amide bonds. The van der Waals surface area contributed by atoms with E-state index in [4.69, 9.17) is 4.74 Å². The first-order chi connectivity index (χ1) is 5.70. The third-order valence-corrected chi connectivity index (χ3v) is 3.26. The first-order valence-electron chi connectivity index (χ1n) is 5.05. The molecule has 3 fully saturated rings. The number of ether oxygens (including phenoxy) is 1. The maximum Gasteiger partial charge on any atom is 0.0622 e. The highest BCUT2D eigenvalue weighted by molar-refractivity contribution is 4.98. The minimum atomic E-state index is 0.692. The topological polar surface area (TPSA) is 12.5 Å². The largest absolute Gasteiger partial charge is 0.379 e. The standard InChI is InChI=1S/C10H19NO/c1-7(2)11-9-4-10(11)8(3)5-12-6-9/h7-10H,4-6H2,1-3H3/t8-,9-,10+/m1/s1. The Morgan fingerprint density at radius 3 is 2.75 bits per heavy atom. The van der Waals surface area contributed by atoms with Crippen molar-refractivity contribution in [1.29, 1.82) is 0 Å². The zero-order valence-corrected chi connectivity index (χ0v) is 8.29. The molecule has 0 radical (unpaired) electrons. The van der Waals surface area contributed by atoms with Crippen molar-refractivity contribution in [2.75, 3.05) is 13.2 Å². The molecular weight excluding hydrogens is 150 g/mol. The van der Waals surface area contributed by atoms with E-state index in [1.165, 1.54) is 6.42 Å². The van der Waals surface area contributed by atoms with Crippen molar-refractivity contribution in [2.24, 2.45) is 5.92 Å². The van der Waals surface area contributed by atoms with Gasteiger partial charge in [0.05, 0.1) is 13.2 Å². The van der Waals surface area contributed by atoms with Crippen LogP contribution in [0.2, 0.25) is 0 Å². The Kier molecular flexibility index (Phi) is 2.13. The molecule has 0 unspecified atom stereocenters. The average Bonchev–Trinajstić information content (AvgIpc) is 2.15. The van der Waals surface area contributed by atoms with Crippen LogP contribution in [0.15, 0.2) is 0 Å². The Morgan fingerprint density at radius 1 is 1.33 bits per heavy atom. The van der Waals surface area contributed by atoms with Gasteiger partial charge in [-0.1, -0.05) is 6.92 Å². The molecule has 2 nitrogen and oxygen atoms in total. The molecule has 0 aromatic carbocycles. The molecule has 0 aliphatic carbocycles. The molecule has 0 aromatic rings. The molecule has 2 heteroatoms. The zero-order chi connectivity index (χ0) is 8.72. The van der Waals surface area contributed by atoms with Crippen molar-refractivity contribution >= 4 is 0 Å². The first kappa shape index (κ1) is 8.52. The van der Waals surface area contributed by atoms with Crippen molar-refractivity contribution in [1.82, 2.24) is 4.90 Å². The molecule has 70 valence electrons. The van der Waals surface area contributed by atoms with Crippen molar-refractivity contribution in [3.8, 4) is 0 Å². The van der Waals surface area contributed by atoms with E-state index in [0.29, 0.717) is 6.04 Å². The first-order valence-corrected chi connectivity index (χ1v) is 5.05. The van der Waals surface area contributed by atoms with Crippen LogP contribution in [0.3, 0.4) is 0 Å². The summed E-state index contributed by atoms with van der Waals surface area (Å²) in [6.07, 6.45) is 1.36. The minimum absolute atomic E-state index is 0.692. The van der Waals surface area contributed by atoms with Crippen LogP contribution in [0.25, 0.3) is 0 Å². The fraction of sp³-hybridized carbons (Fsp3) is 1.00. The predicted octanol–water partition coefficient (Wildman–Crippen LogP) is 1.50. The van der Waals surface area contributed by atoms with Crippen molar-refractivity contribution < 1.29 is 4.74 Å². The van der Waals surface area contributed by atoms with Gasteiger partial charge >= 0.3 is 0 Å². The summed E-state index contributed by atoms with van der Waals surface area (Å²) in [4.78, 5) is 2.62. The van der Waals surface area contributed by atoms with E-state index in [-0.39, 0.29) is 0 Å². The monoisotopic (exact) mass is 169 g/mol. The fourth-order valence-electron chi connectivity index (χ4n) is 2.64. The number of fused-ring (bicyclic) bond motifs is 3. The van der Waals surface area contributed by atoms with E-state index >= 15 is 0 Å². The summed E-state index contributed by atoms with van der Waals surface area (Å²) in [6, 6.07) is 2.22. The van der Waals surface area contributed by atoms with Gasteiger partial charge in [0.2, 0.25) is 0 Å². The molecule has 3 atom stereocenters. The van der Waals surface area contributed by atoms with E-state index in [1.807, 2.05) is 0 Å². The minimum Gasteiger partial charge on any atom is -0.379 e. The van der Waals surface area contributed by atoms with Gasteiger partial charge in [0.25, 0.3) is 0 Å². The summed E-state index contributed by atoms with van der Waals surface area (Å²) in [5.74, 6) is 0.728. The summed E-state index contributed by atoms with van der Waals surface area (Å²) >= 11 is 0. The van der Waals surface area contributed by atoms with Gasteiger partial charge in [0.1, 0.15) is 0 Å². The highest BCUT2D eigenvalue weighted by Gasteiger charge is 2.44. The van der Waals surface area contributed by atoms with E-state index in [1.54, 1.807) is 0 Å². The van der Waals surface area contributed by atoms with Gasteiger partial charge in [-0.2, -0.15) is 0 Å². The van der Waals surface area contributed by atoms with Gasteiger partial charge in [-0.25, -0.2) is 0 Å². The van der Waals surface area contributed by atoms with Gasteiger partial charge in [-0.3, -0.25) is 4.90 Å². The zero-order valence-electron chi connectivity index (χ0n) is 8.29. The smallest absolute Gasteiger partial charge is 0.0622 e. The van der Waals surface area contributed by atoms with Gasteiger partial charge in [-0.05, 0) is 26.2 Å². The summed E-state index contributed by atoms with van der Waals surface area (Å²) in [5, 5.41) is 0. The molecule has 12 heavy (non-hydrogen) atoms. The molecular formula is C10H19NO. The van der Waals surface area contributed by atoms with Gasteiger partial charge in [0, 0.05) is 18.1 Å². The lowest BCUT2D eigenvalue weighted by Gasteiger charge is -2.51. The van der Waals surface area contributed by atoms with E-state index in [2.05, 4.69) is 25.7 Å². The highest BCUT2D eigenvalue weighted by Crippen LogP contribution is 2.35. The number of nitrogens with zero attached hydrogens (tertiary/aromatic N) is 1. The van der Waals surface area contributed by atoms with E-state index in [0.717, 1.165) is 31.2 Å². The van der Waals surface area contributed by atoms with Crippen molar-refractivity contribution in [2.45, 2.75) is 45.3 Å². The van der Waals surface area contributed by atoms with Gasteiger partial charge in [-0.15, -0.1) is 0 Å². The van der Waals surface area contributed by atoms with Crippen LogP contribution in [-0.4, -0.2) is 36.2 Å². The Bertz CT molecular complexity index is 169. The maximum atomic E-state index is 5.60. The molecule has 3 saturated heterocycles. The molecule has 0 spiro atoms. The Hall–Kier alpha value is -0.0800. The third kappa shape index (κ3) is 1.17. The van der Waals surface area contributed by atoms with Crippen molar-refractivity contribution in [3.63, 3.8) is 0 Å². The molecule has 3 aliphatic heterocycles. The molecule has 0 saturated carbocycles. The van der Waals surface area contributed by atoms with Crippen molar-refractivity contribution in [3.05, 3.63) is 0 Å². The lowest BCUT2D eigenvalue weighted by atomic mass is 9.84. The van der Waals surface area contributed by atoms with Crippen LogP contribution in [0, 0.1) is 5.92 Å². The summed E-state index contributed by atoms with van der Waals surface area (Å²) in [6.45, 7) is 8.80. The molecule has 3 aliphatic rings. The summed E-state index contributed by atoms with van der Waals surface area (Å²) in [7, 11) is 0. The lowest BCUT2D eigenvalue weighted by Crippen LogP contribution is -2.61. The number of hydrogen-bond donors (Lipinski definition) is 0. The van der Waals surface area contributed by atoms with E-state index in [9.17, 15) is 0 Å². The number of hydrogen-bond acceptors (Lipinski definition) is 2. The number of rotatable bonds is 1. The lowest BCUT2D eigenvalue weighted by molar-refractivity contribution is -0.0300. The quantitative estimate of drug-likeness (QED) is 0.590. The molecule has 2 bridgehead atoms. The van der Waals surface area contributed by atoms with Gasteiger partial charge < -0.3 is 4.74 Å². The molecule has 3 heterocycles. The fourth-order valence-corrected chi connectivity index (χ4v) is 2.64. The maximum absolute atomic E-state index is 5.60. The SMILES string of the molecule is CC(C)N1[C@H]2COC[C@@H](C)[C@@H]1C2. The van der Waals surface area contributed by atoms with Crippen LogP contribution in [0.1, 0.15) is 27.2 Å². The van der Waals surface area contributed by atoms with Crippen LogP contribution in [0.4, 0.5) is 0 Å². The molecule has 0 aromatic heterocycles. The Balaban J connectivity index is 2.06. The molecule has 0 N–H and O–H groups in total. The Morgan fingerprint density at radius 2 is 2.08 bits per heavy atom. The second kappa shape index (κ2) is 3.00. The summed E-state index contributed by atoms with van der Waals surface area (Å²) in [5.41, 5.74) is 0. The summed E-state index contributed by atoms with van der Waals surface area (Å²) < 4.78 is 5.60. The van der Waals surface area contributed by atoms with Gasteiger partial charge in [0.15, 0.2) is 0 Å². The predicted molar refractivity (Wildman–Crippen MR) is 49.2 cm³/mol. The third-order valence-electron chi connectivity index (χ3n) is 3.26. The molecule has 3 rings (SSSR count). The second-order valence-electron chi connectivity index (χ2n) is 4.51. The van der Waals surface area contributed by atoms with Crippen LogP contribution in [-0.2, 0) is 4.74 Å². The second-order valence-corrected chi connectivity index (χ2v) is 4.51. The normalized spacial score (nSPS) is 42.5. The van der Waals surface area contributed by atoms with Crippen LogP contribution < -0.4 is 0 Å². The van der Waals surface area contributed by atoms with E-state index < -0.39 is 0 Å². The highest BCUT2D eigenvalue weighted by atomic mass is 16.5.